The van der Waals surface area contributed by atoms with Gasteiger partial charge in [-0.25, -0.2) is 4.89 Å². The van der Waals surface area contributed by atoms with Gasteiger partial charge in [0.2, 0.25) is 5.79 Å². The Morgan fingerprint density at radius 3 is 2.27 bits per heavy atom. The quantitative estimate of drug-likeness (QED) is 0.525. The summed E-state index contributed by atoms with van der Waals surface area (Å²) in [6, 6.07) is 21.0. The van der Waals surface area contributed by atoms with Gasteiger partial charge in [0.1, 0.15) is 6.10 Å². The molecule has 0 radical (unpaired) electrons. The Bertz CT molecular complexity index is 914. The molecule has 30 heavy (non-hydrogen) atoms. The molecule has 1 spiro atoms. The second-order valence-corrected chi connectivity index (χ2v) is 10.2. The summed E-state index contributed by atoms with van der Waals surface area (Å²) in [4.78, 5) is 12.8. The van der Waals surface area contributed by atoms with Gasteiger partial charge in [0, 0.05) is 18.8 Å². The standard InChI is InChI=1S/C27H32O3/c1-25(2,3)23-16-10-11-17-27(23)28-24-18-21(20-12-6-4-7-13-20)19-26(24,29-30-27)22-14-8-5-9-15-22/h4-9,12-15,18,23-24H,10-11,16-17,19H2,1-3H3/t23-,24+,26+,27+/m1/s1. The van der Waals surface area contributed by atoms with Crippen LogP contribution in [0.1, 0.15) is 64.0 Å². The van der Waals surface area contributed by atoms with Crippen molar-refractivity contribution in [2.45, 2.75) is 70.4 Å². The lowest BCUT2D eigenvalue weighted by atomic mass is 9.68. The van der Waals surface area contributed by atoms with E-state index >= 15 is 0 Å². The Labute approximate surface area is 180 Å². The zero-order chi connectivity index (χ0) is 20.8. The van der Waals surface area contributed by atoms with E-state index in [1.54, 1.807) is 0 Å². The van der Waals surface area contributed by atoms with Crippen molar-refractivity contribution in [3.05, 3.63) is 77.9 Å². The van der Waals surface area contributed by atoms with Gasteiger partial charge in [0.25, 0.3) is 0 Å². The predicted molar refractivity (Wildman–Crippen MR) is 118 cm³/mol. The van der Waals surface area contributed by atoms with Gasteiger partial charge in [-0.15, -0.1) is 0 Å². The predicted octanol–water partition coefficient (Wildman–Crippen LogP) is 6.65. The average Bonchev–Trinajstić information content (AvgIpc) is 3.14. The normalized spacial score (nSPS) is 33.9. The van der Waals surface area contributed by atoms with Crippen LogP contribution in [0.5, 0.6) is 0 Å². The van der Waals surface area contributed by atoms with Gasteiger partial charge in [-0.1, -0.05) is 87.9 Å². The highest BCUT2D eigenvalue weighted by molar-refractivity contribution is 5.70. The maximum Gasteiger partial charge on any atom is 0.205 e. The zero-order valence-electron chi connectivity index (χ0n) is 18.3. The Hall–Kier alpha value is -1.94. The maximum absolute atomic E-state index is 6.96. The molecule has 0 aromatic heterocycles. The lowest BCUT2D eigenvalue weighted by Crippen LogP contribution is -2.60. The summed E-state index contributed by atoms with van der Waals surface area (Å²) >= 11 is 0. The fourth-order valence-corrected chi connectivity index (χ4v) is 5.68. The van der Waals surface area contributed by atoms with Gasteiger partial charge in [-0.05, 0) is 41.0 Å². The molecule has 3 nitrogen and oxygen atoms in total. The number of fused-ring (bicyclic) bond motifs is 1. The molecule has 1 heterocycles. The number of ether oxygens (including phenoxy) is 1. The van der Waals surface area contributed by atoms with Crippen molar-refractivity contribution < 1.29 is 14.5 Å². The van der Waals surface area contributed by atoms with Crippen LogP contribution in [-0.4, -0.2) is 11.9 Å². The molecular formula is C27H32O3. The van der Waals surface area contributed by atoms with E-state index in [2.05, 4.69) is 81.4 Å². The van der Waals surface area contributed by atoms with Crippen LogP contribution in [0.15, 0.2) is 66.7 Å². The van der Waals surface area contributed by atoms with Gasteiger partial charge < -0.3 is 4.74 Å². The average molecular weight is 405 g/mol. The van der Waals surface area contributed by atoms with Crippen LogP contribution < -0.4 is 0 Å². The fourth-order valence-electron chi connectivity index (χ4n) is 5.68. The third-order valence-electron chi connectivity index (χ3n) is 7.17. The van der Waals surface area contributed by atoms with Crippen LogP contribution in [0, 0.1) is 11.3 Å². The SMILES string of the molecule is CC(C)(C)[C@H]1CCCC[C@]12OO[C@]1(c3ccccc3)CC(c3ccccc3)=C[C@@H]1O2. The van der Waals surface area contributed by atoms with Crippen molar-refractivity contribution in [1.82, 2.24) is 0 Å². The van der Waals surface area contributed by atoms with Crippen LogP contribution in [0.2, 0.25) is 0 Å². The van der Waals surface area contributed by atoms with Gasteiger partial charge in [0.05, 0.1) is 0 Å². The van der Waals surface area contributed by atoms with Crippen molar-refractivity contribution >= 4 is 5.57 Å². The largest absolute Gasteiger partial charge is 0.336 e. The van der Waals surface area contributed by atoms with Gasteiger partial charge in [-0.3, -0.25) is 0 Å². The van der Waals surface area contributed by atoms with Crippen LogP contribution >= 0.6 is 0 Å². The lowest BCUT2D eigenvalue weighted by Gasteiger charge is -2.54. The Kier molecular flexibility index (Phi) is 4.89. The van der Waals surface area contributed by atoms with Crippen molar-refractivity contribution in [2.24, 2.45) is 11.3 Å². The van der Waals surface area contributed by atoms with Crippen molar-refractivity contribution in [1.29, 1.82) is 0 Å². The number of benzene rings is 2. The van der Waals surface area contributed by atoms with E-state index in [9.17, 15) is 0 Å². The molecule has 3 aliphatic rings. The van der Waals surface area contributed by atoms with E-state index in [0.29, 0.717) is 5.92 Å². The fraction of sp³-hybridized carbons (Fsp3) is 0.481. The summed E-state index contributed by atoms with van der Waals surface area (Å²) in [5.74, 6) is -0.385. The van der Waals surface area contributed by atoms with Crippen LogP contribution in [0.4, 0.5) is 0 Å². The first kappa shape index (κ1) is 20.0. The maximum atomic E-state index is 6.96. The van der Waals surface area contributed by atoms with Crippen molar-refractivity contribution in [2.75, 3.05) is 0 Å². The molecule has 2 aromatic carbocycles. The van der Waals surface area contributed by atoms with Gasteiger partial charge in [-0.2, -0.15) is 4.89 Å². The third-order valence-corrected chi connectivity index (χ3v) is 7.17. The third kappa shape index (κ3) is 3.24. The minimum Gasteiger partial charge on any atom is -0.336 e. The van der Waals surface area contributed by atoms with Crippen LogP contribution in [0.3, 0.4) is 0 Å². The number of hydrogen-bond donors (Lipinski definition) is 0. The monoisotopic (exact) mass is 404 g/mol. The molecule has 5 rings (SSSR count). The highest BCUT2D eigenvalue weighted by Crippen LogP contribution is 2.56. The van der Waals surface area contributed by atoms with Crippen LogP contribution in [0.25, 0.3) is 5.57 Å². The summed E-state index contributed by atoms with van der Waals surface area (Å²) in [5, 5.41) is 0. The molecular weight excluding hydrogens is 372 g/mol. The molecule has 3 heteroatoms. The van der Waals surface area contributed by atoms with E-state index < -0.39 is 11.4 Å². The summed E-state index contributed by atoms with van der Waals surface area (Å²) in [5.41, 5.74) is 3.03. The van der Waals surface area contributed by atoms with Gasteiger partial charge in [0.15, 0.2) is 5.60 Å². The molecule has 0 unspecified atom stereocenters. The molecule has 2 fully saturated rings. The molecule has 4 atom stereocenters. The molecule has 1 saturated carbocycles. The smallest absolute Gasteiger partial charge is 0.205 e. The topological polar surface area (TPSA) is 27.7 Å². The minimum atomic E-state index is -0.678. The van der Waals surface area contributed by atoms with E-state index in [4.69, 9.17) is 14.5 Å². The first-order valence-corrected chi connectivity index (χ1v) is 11.3. The number of rotatable bonds is 2. The van der Waals surface area contributed by atoms with E-state index in [0.717, 1.165) is 31.2 Å². The first-order valence-electron chi connectivity index (χ1n) is 11.3. The molecule has 1 aliphatic heterocycles. The van der Waals surface area contributed by atoms with E-state index in [-0.39, 0.29) is 11.5 Å². The molecule has 0 amide bonds. The summed E-state index contributed by atoms with van der Waals surface area (Å²) in [7, 11) is 0. The molecule has 0 bridgehead atoms. The molecule has 2 aliphatic carbocycles. The lowest BCUT2D eigenvalue weighted by molar-refractivity contribution is -0.544. The van der Waals surface area contributed by atoms with E-state index in [1.165, 1.54) is 17.6 Å². The highest BCUT2D eigenvalue weighted by atomic mass is 17.3. The molecule has 0 N–H and O–H groups in total. The number of hydrogen-bond acceptors (Lipinski definition) is 3. The van der Waals surface area contributed by atoms with Crippen molar-refractivity contribution in [3.8, 4) is 0 Å². The molecule has 2 aromatic rings. The zero-order valence-corrected chi connectivity index (χ0v) is 18.3. The second-order valence-electron chi connectivity index (χ2n) is 10.2. The van der Waals surface area contributed by atoms with Gasteiger partial charge >= 0.3 is 0 Å². The molecule has 158 valence electrons. The molecule has 1 saturated heterocycles. The summed E-state index contributed by atoms with van der Waals surface area (Å²) in [6.07, 6.45) is 7.15. The summed E-state index contributed by atoms with van der Waals surface area (Å²) in [6.45, 7) is 6.86. The van der Waals surface area contributed by atoms with Crippen molar-refractivity contribution in [3.63, 3.8) is 0 Å². The highest BCUT2D eigenvalue weighted by Gasteiger charge is 2.60. The second kappa shape index (κ2) is 7.33. The Morgan fingerprint density at radius 2 is 1.57 bits per heavy atom. The first-order chi connectivity index (χ1) is 14.4. The summed E-state index contributed by atoms with van der Waals surface area (Å²) < 4.78 is 6.96. The minimum absolute atomic E-state index is 0.0844. The Balaban J connectivity index is 1.56. The Morgan fingerprint density at radius 1 is 0.867 bits per heavy atom. The van der Waals surface area contributed by atoms with Crippen LogP contribution in [-0.2, 0) is 20.1 Å². The van der Waals surface area contributed by atoms with E-state index in [1.807, 2.05) is 6.07 Å².